The highest BCUT2D eigenvalue weighted by Crippen LogP contribution is 2.20. The molecule has 1 atom stereocenters. The van der Waals surface area contributed by atoms with Crippen molar-refractivity contribution in [2.24, 2.45) is 0 Å². The summed E-state index contributed by atoms with van der Waals surface area (Å²) in [5.41, 5.74) is 6.95. The molecule has 0 saturated heterocycles. The molecule has 0 fully saturated rings. The van der Waals surface area contributed by atoms with Gasteiger partial charge in [0.25, 0.3) is 0 Å². The van der Waals surface area contributed by atoms with Crippen LogP contribution in [0.4, 0.5) is 5.69 Å². The van der Waals surface area contributed by atoms with Crippen LogP contribution < -0.4 is 10.5 Å². The van der Waals surface area contributed by atoms with Crippen LogP contribution in [0.2, 0.25) is 0 Å². The topological polar surface area (TPSA) is 72.2 Å². The number of nitrogens with one attached hydrogen (secondary N) is 1. The summed E-state index contributed by atoms with van der Waals surface area (Å²) in [4.78, 5) is 0.295. The minimum absolute atomic E-state index is 0.0962. The van der Waals surface area contributed by atoms with Crippen LogP contribution in [-0.2, 0) is 16.4 Å². The molecule has 0 amide bonds. The van der Waals surface area contributed by atoms with E-state index >= 15 is 0 Å². The Labute approximate surface area is 120 Å². The lowest BCUT2D eigenvalue weighted by atomic mass is 10.1. The van der Waals surface area contributed by atoms with Gasteiger partial charge in [0.15, 0.2) is 0 Å². The SMILES string of the molecule is CCSCC(C)NS(=O)(=O)c1cc(N)ccc1CC. The first-order valence-electron chi connectivity index (χ1n) is 6.39. The summed E-state index contributed by atoms with van der Waals surface area (Å²) in [7, 11) is -3.50. The summed E-state index contributed by atoms with van der Waals surface area (Å²) in [5, 5.41) is 0. The minimum atomic E-state index is -3.50. The van der Waals surface area contributed by atoms with Crippen molar-refractivity contribution in [1.29, 1.82) is 0 Å². The maximum Gasteiger partial charge on any atom is 0.241 e. The Morgan fingerprint density at radius 2 is 2.05 bits per heavy atom. The third-order valence-corrected chi connectivity index (χ3v) is 5.51. The molecule has 19 heavy (non-hydrogen) atoms. The van der Waals surface area contributed by atoms with Crippen LogP contribution >= 0.6 is 11.8 Å². The Balaban J connectivity index is 2.96. The van der Waals surface area contributed by atoms with Crippen LogP contribution in [0.15, 0.2) is 23.1 Å². The molecule has 0 aromatic heterocycles. The van der Waals surface area contributed by atoms with E-state index in [9.17, 15) is 8.42 Å². The van der Waals surface area contributed by atoms with Gasteiger partial charge in [-0.2, -0.15) is 11.8 Å². The third kappa shape index (κ3) is 4.71. The van der Waals surface area contributed by atoms with Crippen molar-refractivity contribution in [3.63, 3.8) is 0 Å². The smallest absolute Gasteiger partial charge is 0.241 e. The molecule has 0 aliphatic carbocycles. The standard InChI is InChI=1S/C13H22N2O2S2/c1-4-11-6-7-12(14)8-13(11)19(16,17)15-10(3)9-18-5-2/h6-8,10,15H,4-5,9,14H2,1-3H3. The molecule has 1 aromatic rings. The zero-order valence-electron chi connectivity index (χ0n) is 11.6. The predicted molar refractivity (Wildman–Crippen MR) is 83.0 cm³/mol. The van der Waals surface area contributed by atoms with Gasteiger partial charge < -0.3 is 5.73 Å². The monoisotopic (exact) mass is 302 g/mol. The normalized spacial score (nSPS) is 13.4. The first-order valence-corrected chi connectivity index (χ1v) is 9.03. The summed E-state index contributed by atoms with van der Waals surface area (Å²) in [6.07, 6.45) is 0.661. The van der Waals surface area contributed by atoms with E-state index in [0.29, 0.717) is 17.0 Å². The molecule has 4 nitrogen and oxygen atoms in total. The highest BCUT2D eigenvalue weighted by Gasteiger charge is 2.20. The number of sulfonamides is 1. The predicted octanol–water partition coefficient (Wildman–Crippen LogP) is 2.25. The Morgan fingerprint density at radius 3 is 2.63 bits per heavy atom. The van der Waals surface area contributed by atoms with Gasteiger partial charge in [-0.15, -0.1) is 0 Å². The summed E-state index contributed by atoms with van der Waals surface area (Å²) in [6.45, 7) is 5.86. The second-order valence-electron chi connectivity index (χ2n) is 4.40. The maximum absolute atomic E-state index is 12.4. The van der Waals surface area contributed by atoms with Gasteiger partial charge in [-0.3, -0.25) is 0 Å². The third-order valence-electron chi connectivity index (χ3n) is 2.69. The Bertz CT molecular complexity index is 515. The average molecular weight is 302 g/mol. The van der Waals surface area contributed by atoms with E-state index in [2.05, 4.69) is 11.6 Å². The van der Waals surface area contributed by atoms with Crippen LogP contribution in [0.25, 0.3) is 0 Å². The van der Waals surface area contributed by atoms with Crippen LogP contribution in [0, 0.1) is 0 Å². The molecule has 0 heterocycles. The highest BCUT2D eigenvalue weighted by atomic mass is 32.2. The van der Waals surface area contributed by atoms with Gasteiger partial charge in [0.1, 0.15) is 0 Å². The molecule has 1 aromatic carbocycles. The molecular weight excluding hydrogens is 280 g/mol. The number of hydrogen-bond donors (Lipinski definition) is 2. The molecule has 1 unspecified atom stereocenters. The number of anilines is 1. The molecule has 0 aliphatic rings. The number of benzene rings is 1. The molecule has 0 saturated carbocycles. The van der Waals surface area contributed by atoms with Gasteiger partial charge in [0.05, 0.1) is 4.90 Å². The number of hydrogen-bond acceptors (Lipinski definition) is 4. The summed E-state index contributed by atoms with van der Waals surface area (Å²) in [5.74, 6) is 1.74. The van der Waals surface area contributed by atoms with Crippen molar-refractivity contribution in [2.45, 2.75) is 38.1 Å². The fourth-order valence-electron chi connectivity index (χ4n) is 1.77. The number of nitrogen functional groups attached to an aromatic ring is 1. The van der Waals surface area contributed by atoms with E-state index < -0.39 is 10.0 Å². The van der Waals surface area contributed by atoms with Gasteiger partial charge in [-0.1, -0.05) is 19.9 Å². The van der Waals surface area contributed by atoms with Crippen LogP contribution in [0.5, 0.6) is 0 Å². The van der Waals surface area contributed by atoms with Gasteiger partial charge in [0, 0.05) is 17.5 Å². The molecule has 0 aliphatic heterocycles. The van der Waals surface area contributed by atoms with E-state index in [-0.39, 0.29) is 6.04 Å². The van der Waals surface area contributed by atoms with Crippen molar-refractivity contribution < 1.29 is 8.42 Å². The molecular formula is C13H22N2O2S2. The first-order chi connectivity index (χ1) is 8.90. The Kier molecular flexibility index (Phi) is 6.16. The summed E-state index contributed by atoms with van der Waals surface area (Å²) >= 11 is 1.71. The van der Waals surface area contributed by atoms with Crippen LogP contribution in [0.1, 0.15) is 26.3 Å². The van der Waals surface area contributed by atoms with E-state index in [1.165, 1.54) is 6.07 Å². The number of aryl methyl sites for hydroxylation is 1. The van der Waals surface area contributed by atoms with Crippen LogP contribution in [-0.4, -0.2) is 26.0 Å². The van der Waals surface area contributed by atoms with Gasteiger partial charge >= 0.3 is 0 Å². The zero-order valence-corrected chi connectivity index (χ0v) is 13.3. The van der Waals surface area contributed by atoms with E-state index in [0.717, 1.165) is 17.1 Å². The lowest BCUT2D eigenvalue weighted by Gasteiger charge is -2.16. The van der Waals surface area contributed by atoms with Crippen molar-refractivity contribution in [3.05, 3.63) is 23.8 Å². The Hall–Kier alpha value is -0.720. The second kappa shape index (κ2) is 7.17. The summed E-state index contributed by atoms with van der Waals surface area (Å²) < 4.78 is 27.4. The van der Waals surface area contributed by atoms with Crippen LogP contribution in [0.3, 0.4) is 0 Å². The molecule has 0 bridgehead atoms. The van der Waals surface area contributed by atoms with E-state index in [1.54, 1.807) is 23.9 Å². The Morgan fingerprint density at radius 1 is 1.37 bits per heavy atom. The second-order valence-corrected chi connectivity index (χ2v) is 7.40. The quantitative estimate of drug-likeness (QED) is 0.758. The number of rotatable bonds is 7. The first kappa shape index (κ1) is 16.3. The zero-order chi connectivity index (χ0) is 14.5. The molecule has 1 rings (SSSR count). The van der Waals surface area contributed by atoms with E-state index in [4.69, 9.17) is 5.73 Å². The number of nitrogens with two attached hydrogens (primary N) is 1. The lowest BCUT2D eigenvalue weighted by molar-refractivity contribution is 0.570. The van der Waals surface area contributed by atoms with Gasteiger partial charge in [-0.25, -0.2) is 13.1 Å². The molecule has 108 valence electrons. The van der Waals surface area contributed by atoms with Gasteiger partial charge in [0.2, 0.25) is 10.0 Å². The molecule has 3 N–H and O–H groups in total. The van der Waals surface area contributed by atoms with Crippen molar-refractivity contribution in [1.82, 2.24) is 4.72 Å². The highest BCUT2D eigenvalue weighted by molar-refractivity contribution is 7.99. The maximum atomic E-state index is 12.4. The number of thioether (sulfide) groups is 1. The fourth-order valence-corrected chi connectivity index (χ4v) is 4.14. The molecule has 6 heteroatoms. The minimum Gasteiger partial charge on any atom is -0.399 e. The van der Waals surface area contributed by atoms with Crippen molar-refractivity contribution in [2.75, 3.05) is 17.2 Å². The molecule has 0 spiro atoms. The summed E-state index contributed by atoms with van der Waals surface area (Å²) in [6, 6.07) is 4.94. The van der Waals surface area contributed by atoms with E-state index in [1.807, 2.05) is 13.8 Å². The molecule has 0 radical (unpaired) electrons. The fraction of sp³-hybridized carbons (Fsp3) is 0.538. The van der Waals surface area contributed by atoms with Crippen molar-refractivity contribution in [3.8, 4) is 0 Å². The lowest BCUT2D eigenvalue weighted by Crippen LogP contribution is -2.34. The van der Waals surface area contributed by atoms with Crippen molar-refractivity contribution >= 4 is 27.5 Å². The van der Waals surface area contributed by atoms with Gasteiger partial charge in [-0.05, 0) is 36.8 Å². The largest absolute Gasteiger partial charge is 0.399 e. The average Bonchev–Trinajstić information content (AvgIpc) is 2.35.